The first kappa shape index (κ1) is 25.9. The van der Waals surface area contributed by atoms with Crippen molar-refractivity contribution in [1.82, 2.24) is 10.6 Å². The molecule has 0 aliphatic carbocycles. The van der Waals surface area contributed by atoms with Crippen molar-refractivity contribution in [2.75, 3.05) is 25.0 Å². The first-order chi connectivity index (χ1) is 14.2. The second kappa shape index (κ2) is 14.8. The molecule has 2 aromatic carbocycles. The zero-order valence-corrected chi connectivity index (χ0v) is 20.1. The number of halogens is 1. The minimum absolute atomic E-state index is 0. The molecule has 0 spiro atoms. The van der Waals surface area contributed by atoms with Gasteiger partial charge < -0.3 is 21.1 Å². The van der Waals surface area contributed by atoms with E-state index in [4.69, 9.17) is 0 Å². The lowest BCUT2D eigenvalue weighted by Gasteiger charge is -2.18. The number of hydrogen-bond acceptors (Lipinski definition) is 3. The van der Waals surface area contributed by atoms with Gasteiger partial charge in [0.1, 0.15) is 0 Å². The Hall–Kier alpha value is -2.13. The topological polar surface area (TPSA) is 85.8 Å². The quantitative estimate of drug-likeness (QED) is 0.216. The van der Waals surface area contributed by atoms with Crippen LogP contribution >= 0.6 is 24.0 Å². The largest absolute Gasteiger partial charge is 0.396 e. The Kier molecular flexibility index (Phi) is 12.8. The van der Waals surface area contributed by atoms with E-state index in [0.29, 0.717) is 25.5 Å². The van der Waals surface area contributed by atoms with Crippen LogP contribution < -0.4 is 16.0 Å². The summed E-state index contributed by atoms with van der Waals surface area (Å²) in [7, 11) is 0. The number of hydrogen-bond donors (Lipinski definition) is 4. The van der Waals surface area contributed by atoms with E-state index < -0.39 is 0 Å². The summed E-state index contributed by atoms with van der Waals surface area (Å²) < 4.78 is 0. The fourth-order valence-corrected chi connectivity index (χ4v) is 2.94. The number of nitrogens with one attached hydrogen (secondary N) is 3. The van der Waals surface area contributed by atoms with Crippen LogP contribution in [0.1, 0.15) is 43.7 Å². The van der Waals surface area contributed by atoms with Gasteiger partial charge in [-0.05, 0) is 36.6 Å². The van der Waals surface area contributed by atoms with Gasteiger partial charge in [-0.15, -0.1) is 24.0 Å². The van der Waals surface area contributed by atoms with E-state index in [-0.39, 0.29) is 42.4 Å². The molecule has 0 radical (unpaired) electrons. The standard InChI is InChI=1S/C23H32N4O2.HI/c1-3-9-22(29)27-21-13-8-10-18(14-21)15-25-23(24-4-2)26-16-20(17-28)19-11-6-5-7-12-19;/h5-8,10-14,20,28H,3-4,9,15-17H2,1-2H3,(H,27,29)(H2,24,25,26);1H. The van der Waals surface area contributed by atoms with Crippen molar-refractivity contribution in [3.8, 4) is 0 Å². The van der Waals surface area contributed by atoms with Crippen LogP contribution in [0.15, 0.2) is 59.6 Å². The maximum absolute atomic E-state index is 11.8. The number of guanidine groups is 1. The van der Waals surface area contributed by atoms with Crippen LogP contribution in [0.3, 0.4) is 0 Å². The van der Waals surface area contributed by atoms with Crippen molar-refractivity contribution in [2.45, 2.75) is 39.2 Å². The van der Waals surface area contributed by atoms with Gasteiger partial charge in [-0.25, -0.2) is 4.99 Å². The number of carbonyl (C=O) groups excluding carboxylic acids is 1. The van der Waals surface area contributed by atoms with Crippen molar-refractivity contribution in [2.24, 2.45) is 4.99 Å². The molecule has 0 aliphatic rings. The molecular formula is C23H33IN4O2. The lowest BCUT2D eigenvalue weighted by Crippen LogP contribution is -2.39. The highest BCUT2D eigenvalue weighted by Crippen LogP contribution is 2.14. The third-order valence-corrected chi connectivity index (χ3v) is 4.46. The summed E-state index contributed by atoms with van der Waals surface area (Å²) in [4.78, 5) is 16.4. The highest BCUT2D eigenvalue weighted by atomic mass is 127. The van der Waals surface area contributed by atoms with Crippen LogP contribution in [-0.4, -0.2) is 36.7 Å². The predicted octanol–water partition coefficient (Wildman–Crippen LogP) is 3.87. The molecule has 2 aromatic rings. The SMILES string of the molecule is CCCC(=O)Nc1cccc(CN=C(NCC)NCC(CO)c2ccccc2)c1.I. The number of aliphatic hydroxyl groups excluding tert-OH is 1. The summed E-state index contributed by atoms with van der Waals surface area (Å²) in [6.45, 7) is 5.88. The average molecular weight is 524 g/mol. The van der Waals surface area contributed by atoms with Gasteiger partial charge in [0.25, 0.3) is 0 Å². The first-order valence-electron chi connectivity index (χ1n) is 10.2. The molecule has 0 saturated carbocycles. The molecule has 0 fully saturated rings. The molecule has 0 aromatic heterocycles. The van der Waals surface area contributed by atoms with Crippen LogP contribution in [0.25, 0.3) is 0 Å². The highest BCUT2D eigenvalue weighted by Gasteiger charge is 2.11. The second-order valence-electron chi connectivity index (χ2n) is 6.86. The van der Waals surface area contributed by atoms with E-state index in [0.717, 1.165) is 29.8 Å². The molecule has 0 heterocycles. The van der Waals surface area contributed by atoms with Gasteiger partial charge >= 0.3 is 0 Å². The normalized spacial score (nSPS) is 11.9. The second-order valence-corrected chi connectivity index (χ2v) is 6.86. The maximum atomic E-state index is 11.8. The summed E-state index contributed by atoms with van der Waals surface area (Å²) in [5, 5.41) is 19.2. The lowest BCUT2D eigenvalue weighted by atomic mass is 10.0. The molecule has 7 heteroatoms. The van der Waals surface area contributed by atoms with Gasteiger partial charge in [0.15, 0.2) is 5.96 Å². The zero-order chi connectivity index (χ0) is 20.9. The molecule has 2 rings (SSSR count). The van der Waals surface area contributed by atoms with Crippen molar-refractivity contribution < 1.29 is 9.90 Å². The molecule has 30 heavy (non-hydrogen) atoms. The van der Waals surface area contributed by atoms with E-state index >= 15 is 0 Å². The Labute approximate surface area is 196 Å². The number of rotatable bonds is 10. The molecule has 0 aliphatic heterocycles. The average Bonchev–Trinajstić information content (AvgIpc) is 2.73. The van der Waals surface area contributed by atoms with Crippen molar-refractivity contribution in [3.63, 3.8) is 0 Å². The van der Waals surface area contributed by atoms with Crippen LogP contribution in [-0.2, 0) is 11.3 Å². The van der Waals surface area contributed by atoms with Crippen molar-refractivity contribution in [1.29, 1.82) is 0 Å². The molecule has 1 amide bonds. The third-order valence-electron chi connectivity index (χ3n) is 4.46. The van der Waals surface area contributed by atoms with Crippen molar-refractivity contribution in [3.05, 3.63) is 65.7 Å². The molecule has 6 nitrogen and oxygen atoms in total. The molecule has 0 bridgehead atoms. The Morgan fingerprint density at radius 2 is 1.83 bits per heavy atom. The van der Waals surface area contributed by atoms with Crippen LogP contribution in [0.2, 0.25) is 0 Å². The minimum Gasteiger partial charge on any atom is -0.396 e. The number of anilines is 1. The summed E-state index contributed by atoms with van der Waals surface area (Å²) in [5.41, 5.74) is 2.89. The molecule has 1 unspecified atom stereocenters. The van der Waals surface area contributed by atoms with Gasteiger partial charge in [-0.2, -0.15) is 0 Å². The first-order valence-corrected chi connectivity index (χ1v) is 10.2. The Morgan fingerprint density at radius 3 is 2.50 bits per heavy atom. The van der Waals surface area contributed by atoms with E-state index in [1.54, 1.807) is 0 Å². The number of aliphatic hydroxyl groups is 1. The summed E-state index contributed by atoms with van der Waals surface area (Å²) in [6.07, 6.45) is 1.34. The summed E-state index contributed by atoms with van der Waals surface area (Å²) in [6, 6.07) is 17.7. The summed E-state index contributed by atoms with van der Waals surface area (Å²) in [5.74, 6) is 0.721. The smallest absolute Gasteiger partial charge is 0.224 e. The lowest BCUT2D eigenvalue weighted by molar-refractivity contribution is -0.116. The Morgan fingerprint density at radius 1 is 1.07 bits per heavy atom. The third kappa shape index (κ3) is 9.13. The van der Waals surface area contributed by atoms with E-state index in [1.165, 1.54) is 0 Å². The number of amides is 1. The van der Waals surface area contributed by atoms with Crippen molar-refractivity contribution >= 4 is 41.5 Å². The van der Waals surface area contributed by atoms with Gasteiger partial charge in [-0.3, -0.25) is 4.79 Å². The highest BCUT2D eigenvalue weighted by molar-refractivity contribution is 14.0. The van der Waals surface area contributed by atoms with E-state index in [2.05, 4.69) is 20.9 Å². The molecule has 1 atom stereocenters. The molecule has 4 N–H and O–H groups in total. The van der Waals surface area contributed by atoms with Gasteiger partial charge in [0, 0.05) is 31.1 Å². The van der Waals surface area contributed by atoms with Gasteiger partial charge in [0.05, 0.1) is 13.2 Å². The number of benzene rings is 2. The van der Waals surface area contributed by atoms with Crippen LogP contribution in [0, 0.1) is 0 Å². The Bertz CT molecular complexity index is 784. The maximum Gasteiger partial charge on any atom is 0.224 e. The number of aliphatic imine (C=N–C) groups is 1. The fraction of sp³-hybridized carbons (Fsp3) is 0.391. The number of carbonyl (C=O) groups is 1. The Balaban J connectivity index is 0.00000450. The van der Waals surface area contributed by atoms with E-state index in [9.17, 15) is 9.90 Å². The van der Waals surface area contributed by atoms with E-state index in [1.807, 2.05) is 68.4 Å². The number of nitrogens with zero attached hydrogens (tertiary/aromatic N) is 1. The predicted molar refractivity (Wildman–Crippen MR) is 134 cm³/mol. The van der Waals surface area contributed by atoms with Crippen LogP contribution in [0.4, 0.5) is 5.69 Å². The van der Waals surface area contributed by atoms with Crippen LogP contribution in [0.5, 0.6) is 0 Å². The molecule has 0 saturated heterocycles. The summed E-state index contributed by atoms with van der Waals surface area (Å²) >= 11 is 0. The molecular weight excluding hydrogens is 491 g/mol. The van der Waals surface area contributed by atoms with Gasteiger partial charge in [0.2, 0.25) is 5.91 Å². The van der Waals surface area contributed by atoms with Gasteiger partial charge in [-0.1, -0.05) is 49.4 Å². The fourth-order valence-electron chi connectivity index (χ4n) is 2.94. The molecule has 164 valence electrons. The zero-order valence-electron chi connectivity index (χ0n) is 17.7. The minimum atomic E-state index is -0.00263. The monoisotopic (exact) mass is 524 g/mol.